The van der Waals surface area contributed by atoms with Crippen LogP contribution in [0, 0.1) is 0 Å². The lowest BCUT2D eigenvalue weighted by molar-refractivity contribution is -0.141. The van der Waals surface area contributed by atoms with Gasteiger partial charge in [-0.1, -0.05) is 60.7 Å². The highest BCUT2D eigenvalue weighted by atomic mass is 16.6. The summed E-state index contributed by atoms with van der Waals surface area (Å²) in [7, 11) is 0. The summed E-state index contributed by atoms with van der Waals surface area (Å²) in [6, 6.07) is 19.6. The van der Waals surface area contributed by atoms with Gasteiger partial charge >= 0.3 is 6.09 Å². The monoisotopic (exact) mass is 325 g/mol. The summed E-state index contributed by atoms with van der Waals surface area (Å²) in [6.45, 7) is 3.79. The number of amides is 1. The standard InChI is InChI=1S/C20H23NO3/c1-19(14-13-16-9-5-3-6-10-16)20(2,23)21(18(22)24-19)15-17-11-7-4-8-12-17/h3-12,23H,13-15H2,1-2H3/t19-,20-/m0/s1. The van der Waals surface area contributed by atoms with E-state index in [4.69, 9.17) is 4.74 Å². The molecule has 4 nitrogen and oxygen atoms in total. The molecule has 1 fully saturated rings. The highest BCUT2D eigenvalue weighted by Crippen LogP contribution is 2.41. The number of aliphatic hydroxyl groups is 1. The van der Waals surface area contributed by atoms with Crippen LogP contribution in [0.2, 0.25) is 0 Å². The SMILES string of the molecule is C[C@@]1(CCc2ccccc2)OC(=O)N(Cc2ccccc2)[C@@]1(C)O. The summed E-state index contributed by atoms with van der Waals surface area (Å²) >= 11 is 0. The van der Waals surface area contributed by atoms with Crippen molar-refractivity contribution in [3.8, 4) is 0 Å². The lowest BCUT2D eigenvalue weighted by Gasteiger charge is -2.37. The van der Waals surface area contributed by atoms with Gasteiger partial charge in [0.05, 0.1) is 6.54 Å². The highest BCUT2D eigenvalue weighted by Gasteiger charge is 2.58. The van der Waals surface area contributed by atoms with Crippen molar-refractivity contribution in [3.05, 3.63) is 71.8 Å². The molecule has 24 heavy (non-hydrogen) atoms. The van der Waals surface area contributed by atoms with Crippen molar-refractivity contribution in [1.82, 2.24) is 4.90 Å². The normalized spacial score (nSPS) is 26.5. The molecule has 126 valence electrons. The van der Waals surface area contributed by atoms with Crippen LogP contribution in [-0.2, 0) is 17.7 Å². The Morgan fingerprint density at radius 3 is 2.08 bits per heavy atom. The third-order valence-electron chi connectivity index (χ3n) is 4.98. The lowest BCUT2D eigenvalue weighted by atomic mass is 9.87. The number of benzene rings is 2. The Labute approximate surface area is 142 Å². The second-order valence-electron chi connectivity index (χ2n) is 6.68. The van der Waals surface area contributed by atoms with Crippen LogP contribution in [0.25, 0.3) is 0 Å². The summed E-state index contributed by atoms with van der Waals surface area (Å²) in [5.74, 6) is 0. The lowest BCUT2D eigenvalue weighted by Crippen LogP contribution is -2.54. The Morgan fingerprint density at radius 1 is 0.958 bits per heavy atom. The fraction of sp³-hybridized carbons (Fsp3) is 0.350. The van der Waals surface area contributed by atoms with E-state index in [1.807, 2.05) is 60.7 Å². The van der Waals surface area contributed by atoms with Crippen LogP contribution >= 0.6 is 0 Å². The Hall–Kier alpha value is -2.33. The first kappa shape index (κ1) is 16.5. The largest absolute Gasteiger partial charge is 0.438 e. The average molecular weight is 325 g/mol. The molecular weight excluding hydrogens is 302 g/mol. The van der Waals surface area contributed by atoms with E-state index in [1.165, 1.54) is 4.90 Å². The average Bonchev–Trinajstić information content (AvgIpc) is 2.75. The summed E-state index contributed by atoms with van der Waals surface area (Å²) < 4.78 is 5.61. The predicted octanol–water partition coefficient (Wildman–Crippen LogP) is 3.74. The molecular formula is C20H23NO3. The van der Waals surface area contributed by atoms with Gasteiger partial charge in [-0.2, -0.15) is 0 Å². The molecule has 0 aromatic heterocycles. The molecule has 0 bridgehead atoms. The van der Waals surface area contributed by atoms with Gasteiger partial charge in [0.2, 0.25) is 0 Å². The molecule has 0 saturated carbocycles. The zero-order chi connectivity index (χ0) is 17.2. The van der Waals surface area contributed by atoms with Crippen LogP contribution in [-0.4, -0.2) is 27.4 Å². The van der Waals surface area contributed by atoms with Crippen LogP contribution < -0.4 is 0 Å². The molecule has 1 amide bonds. The number of aryl methyl sites for hydroxylation is 1. The third kappa shape index (κ3) is 3.02. The van der Waals surface area contributed by atoms with Gasteiger partial charge in [-0.25, -0.2) is 4.79 Å². The van der Waals surface area contributed by atoms with Gasteiger partial charge in [0, 0.05) is 0 Å². The van der Waals surface area contributed by atoms with Crippen LogP contribution in [0.1, 0.15) is 31.4 Å². The molecule has 4 heteroatoms. The molecule has 1 aliphatic rings. The molecule has 2 aromatic rings. The zero-order valence-electron chi connectivity index (χ0n) is 14.1. The first-order valence-electron chi connectivity index (χ1n) is 8.23. The fourth-order valence-electron chi connectivity index (χ4n) is 3.11. The number of carbonyl (C=O) groups excluding carboxylic acids is 1. The minimum Gasteiger partial charge on any atom is -0.438 e. The van der Waals surface area contributed by atoms with E-state index in [2.05, 4.69) is 0 Å². The van der Waals surface area contributed by atoms with Crippen molar-refractivity contribution in [2.45, 2.75) is 44.6 Å². The van der Waals surface area contributed by atoms with Crippen molar-refractivity contribution in [1.29, 1.82) is 0 Å². The number of nitrogens with zero attached hydrogens (tertiary/aromatic N) is 1. The van der Waals surface area contributed by atoms with Gasteiger partial charge in [-0.15, -0.1) is 0 Å². The number of cyclic esters (lactones) is 1. The molecule has 1 aliphatic heterocycles. The van der Waals surface area contributed by atoms with E-state index in [0.717, 1.165) is 17.5 Å². The summed E-state index contributed by atoms with van der Waals surface area (Å²) in [5, 5.41) is 11.1. The van der Waals surface area contributed by atoms with Crippen LogP contribution in [0.15, 0.2) is 60.7 Å². The number of hydrogen-bond acceptors (Lipinski definition) is 3. The molecule has 2 aromatic carbocycles. The molecule has 3 rings (SSSR count). The Bertz CT molecular complexity index is 697. The maximum atomic E-state index is 12.4. The van der Waals surface area contributed by atoms with Crippen molar-refractivity contribution in [2.24, 2.45) is 0 Å². The molecule has 1 heterocycles. The Balaban J connectivity index is 1.76. The van der Waals surface area contributed by atoms with Crippen LogP contribution in [0.5, 0.6) is 0 Å². The molecule has 2 atom stereocenters. The van der Waals surface area contributed by atoms with Gasteiger partial charge in [-0.05, 0) is 37.8 Å². The Kier molecular flexibility index (Phi) is 4.33. The van der Waals surface area contributed by atoms with Crippen LogP contribution in [0.3, 0.4) is 0 Å². The van der Waals surface area contributed by atoms with Gasteiger partial charge in [-0.3, -0.25) is 4.90 Å². The van der Waals surface area contributed by atoms with Gasteiger partial charge < -0.3 is 9.84 Å². The number of rotatable bonds is 5. The fourth-order valence-corrected chi connectivity index (χ4v) is 3.11. The first-order valence-corrected chi connectivity index (χ1v) is 8.23. The van der Waals surface area contributed by atoms with E-state index in [-0.39, 0.29) is 0 Å². The first-order chi connectivity index (χ1) is 11.4. The molecule has 0 radical (unpaired) electrons. The van der Waals surface area contributed by atoms with E-state index >= 15 is 0 Å². The molecule has 1 saturated heterocycles. The van der Waals surface area contributed by atoms with E-state index in [9.17, 15) is 9.90 Å². The van der Waals surface area contributed by atoms with E-state index in [0.29, 0.717) is 13.0 Å². The quantitative estimate of drug-likeness (QED) is 0.911. The number of ether oxygens (including phenoxy) is 1. The van der Waals surface area contributed by atoms with Crippen LogP contribution in [0.4, 0.5) is 4.79 Å². The van der Waals surface area contributed by atoms with Crippen molar-refractivity contribution in [2.75, 3.05) is 0 Å². The topological polar surface area (TPSA) is 49.8 Å². The maximum Gasteiger partial charge on any atom is 0.413 e. The second kappa shape index (κ2) is 6.29. The predicted molar refractivity (Wildman–Crippen MR) is 92.3 cm³/mol. The van der Waals surface area contributed by atoms with Crippen molar-refractivity contribution < 1.29 is 14.6 Å². The molecule has 0 spiro atoms. The smallest absolute Gasteiger partial charge is 0.413 e. The molecule has 1 N–H and O–H groups in total. The summed E-state index contributed by atoms with van der Waals surface area (Å²) in [5.41, 5.74) is -0.197. The van der Waals surface area contributed by atoms with Gasteiger partial charge in [0.15, 0.2) is 11.3 Å². The van der Waals surface area contributed by atoms with Gasteiger partial charge in [0.25, 0.3) is 0 Å². The van der Waals surface area contributed by atoms with Gasteiger partial charge in [0.1, 0.15) is 0 Å². The minimum atomic E-state index is -1.37. The van der Waals surface area contributed by atoms with Crippen molar-refractivity contribution >= 4 is 6.09 Å². The van der Waals surface area contributed by atoms with E-state index in [1.54, 1.807) is 13.8 Å². The second-order valence-corrected chi connectivity index (χ2v) is 6.68. The summed E-state index contributed by atoms with van der Waals surface area (Å²) in [6.07, 6.45) is 0.820. The van der Waals surface area contributed by atoms with E-state index < -0.39 is 17.4 Å². The Morgan fingerprint density at radius 2 is 1.50 bits per heavy atom. The summed E-state index contributed by atoms with van der Waals surface area (Å²) in [4.78, 5) is 13.8. The maximum absolute atomic E-state index is 12.4. The number of hydrogen-bond donors (Lipinski definition) is 1. The molecule has 0 aliphatic carbocycles. The molecule has 0 unspecified atom stereocenters. The minimum absolute atomic E-state index is 0.327. The zero-order valence-corrected chi connectivity index (χ0v) is 14.1. The number of carbonyl (C=O) groups is 1. The van der Waals surface area contributed by atoms with Crippen molar-refractivity contribution in [3.63, 3.8) is 0 Å². The third-order valence-corrected chi connectivity index (χ3v) is 4.98. The highest BCUT2D eigenvalue weighted by molar-refractivity contribution is 5.72.